The van der Waals surface area contributed by atoms with E-state index >= 15 is 0 Å². The van der Waals surface area contributed by atoms with Gasteiger partial charge in [-0.15, -0.1) is 22.7 Å². The van der Waals surface area contributed by atoms with Crippen molar-refractivity contribution in [3.63, 3.8) is 0 Å². The Balaban J connectivity index is 2.27. The lowest BCUT2D eigenvalue weighted by Gasteiger charge is -1.87. The molecule has 0 amide bonds. The number of thiophene rings is 1. The predicted molar refractivity (Wildman–Crippen MR) is 65.7 cm³/mol. The number of thiazole rings is 1. The smallest absolute Gasteiger partial charge is 0.156 e. The maximum Gasteiger partial charge on any atom is 0.156 e. The highest BCUT2D eigenvalue weighted by Crippen LogP contribution is 2.34. The Morgan fingerprint density at radius 1 is 1.27 bits per heavy atom. The van der Waals surface area contributed by atoms with E-state index in [0.29, 0.717) is 5.15 Å². The summed E-state index contributed by atoms with van der Waals surface area (Å²) in [5.74, 6) is 0. The molecule has 0 fully saturated rings. The zero-order valence-electron chi connectivity index (χ0n) is 7.48. The van der Waals surface area contributed by atoms with Crippen LogP contribution in [0.3, 0.4) is 0 Å². The molecule has 0 saturated heterocycles. The second-order valence-corrected chi connectivity index (χ2v) is 5.28. The number of hydrogen-bond donors (Lipinski definition) is 0. The maximum atomic E-state index is 5.97. The van der Waals surface area contributed by atoms with Crippen LogP contribution < -0.4 is 0 Å². The van der Waals surface area contributed by atoms with Gasteiger partial charge >= 0.3 is 0 Å². The van der Waals surface area contributed by atoms with Gasteiger partial charge in [0.05, 0.1) is 9.58 Å². The summed E-state index contributed by atoms with van der Waals surface area (Å²) in [4.78, 5) is 9.68. The molecule has 15 heavy (non-hydrogen) atoms. The minimum atomic E-state index is 0.478. The van der Waals surface area contributed by atoms with Crippen LogP contribution in [0.15, 0.2) is 29.8 Å². The first kappa shape index (κ1) is 9.27. The number of halogens is 1. The second kappa shape index (κ2) is 3.56. The van der Waals surface area contributed by atoms with Gasteiger partial charge in [0.25, 0.3) is 0 Å². The first-order chi connectivity index (χ1) is 7.34. The molecule has 5 heteroatoms. The van der Waals surface area contributed by atoms with Crippen molar-refractivity contribution in [3.8, 4) is 9.88 Å². The standard InChI is InChI=1S/C10H5ClN2S2/c11-9-8-6(3-4-12-9)15-10(13-8)7-2-1-5-14-7/h1-5H. The van der Waals surface area contributed by atoms with Crippen LogP contribution >= 0.6 is 34.3 Å². The molecular weight excluding hydrogens is 248 g/mol. The van der Waals surface area contributed by atoms with E-state index in [1.807, 2.05) is 17.5 Å². The topological polar surface area (TPSA) is 25.8 Å². The minimum absolute atomic E-state index is 0.478. The largest absolute Gasteiger partial charge is 0.242 e. The predicted octanol–water partition coefficient (Wildman–Crippen LogP) is 4.07. The molecular formula is C10H5ClN2S2. The van der Waals surface area contributed by atoms with Gasteiger partial charge < -0.3 is 0 Å². The van der Waals surface area contributed by atoms with Crippen molar-refractivity contribution < 1.29 is 0 Å². The van der Waals surface area contributed by atoms with Gasteiger partial charge in [0, 0.05) is 6.20 Å². The summed E-state index contributed by atoms with van der Waals surface area (Å²) in [7, 11) is 0. The lowest BCUT2D eigenvalue weighted by molar-refractivity contribution is 1.34. The molecule has 3 aromatic rings. The molecule has 0 atom stereocenters. The fraction of sp³-hybridized carbons (Fsp3) is 0. The van der Waals surface area contributed by atoms with Gasteiger partial charge in [-0.3, -0.25) is 0 Å². The number of hydrogen-bond acceptors (Lipinski definition) is 4. The van der Waals surface area contributed by atoms with Gasteiger partial charge in [0.15, 0.2) is 5.15 Å². The molecule has 0 spiro atoms. The Labute approximate surface area is 99.2 Å². The molecule has 3 rings (SSSR count). The molecule has 0 radical (unpaired) electrons. The van der Waals surface area contributed by atoms with Crippen molar-refractivity contribution in [2.24, 2.45) is 0 Å². The molecule has 0 saturated carbocycles. The first-order valence-electron chi connectivity index (χ1n) is 4.29. The third-order valence-electron chi connectivity index (χ3n) is 1.99. The Bertz CT molecular complexity index is 601. The summed E-state index contributed by atoms with van der Waals surface area (Å²) < 4.78 is 1.08. The van der Waals surface area contributed by atoms with Crippen LogP contribution in [0.5, 0.6) is 0 Å². The highest BCUT2D eigenvalue weighted by molar-refractivity contribution is 7.25. The van der Waals surface area contributed by atoms with Gasteiger partial charge in [-0.05, 0) is 17.5 Å². The maximum absolute atomic E-state index is 5.97. The molecule has 74 valence electrons. The molecule has 3 heterocycles. The monoisotopic (exact) mass is 252 g/mol. The first-order valence-corrected chi connectivity index (χ1v) is 6.37. The van der Waals surface area contributed by atoms with E-state index in [1.54, 1.807) is 28.9 Å². The summed E-state index contributed by atoms with van der Waals surface area (Å²) in [6.45, 7) is 0. The van der Waals surface area contributed by atoms with Crippen molar-refractivity contribution in [1.82, 2.24) is 9.97 Å². The summed E-state index contributed by atoms with van der Waals surface area (Å²) in [6.07, 6.45) is 1.71. The van der Waals surface area contributed by atoms with Gasteiger partial charge in [0.1, 0.15) is 10.5 Å². The molecule has 3 aromatic heterocycles. The summed E-state index contributed by atoms with van der Waals surface area (Å²) in [6, 6.07) is 6.02. The Hall–Kier alpha value is -0.970. The van der Waals surface area contributed by atoms with Crippen molar-refractivity contribution in [3.05, 3.63) is 34.9 Å². The fourth-order valence-electron chi connectivity index (χ4n) is 1.33. The Kier molecular flexibility index (Phi) is 2.20. The highest BCUT2D eigenvalue weighted by atomic mass is 35.5. The average molecular weight is 253 g/mol. The van der Waals surface area contributed by atoms with E-state index in [2.05, 4.69) is 16.0 Å². The molecule has 0 bridgehead atoms. The molecule has 0 N–H and O–H groups in total. The van der Waals surface area contributed by atoms with Crippen LogP contribution in [-0.4, -0.2) is 9.97 Å². The minimum Gasteiger partial charge on any atom is -0.242 e. The Morgan fingerprint density at radius 3 is 2.93 bits per heavy atom. The average Bonchev–Trinajstić information content (AvgIpc) is 2.86. The van der Waals surface area contributed by atoms with E-state index in [9.17, 15) is 0 Å². The number of rotatable bonds is 1. The quantitative estimate of drug-likeness (QED) is 0.610. The van der Waals surface area contributed by atoms with E-state index in [1.165, 1.54) is 4.88 Å². The highest BCUT2D eigenvalue weighted by Gasteiger charge is 2.09. The molecule has 0 aliphatic heterocycles. The lowest BCUT2D eigenvalue weighted by Crippen LogP contribution is -1.75. The molecule has 0 unspecified atom stereocenters. The van der Waals surface area contributed by atoms with Crippen LogP contribution in [0.4, 0.5) is 0 Å². The van der Waals surface area contributed by atoms with E-state index in [-0.39, 0.29) is 0 Å². The zero-order valence-corrected chi connectivity index (χ0v) is 9.86. The summed E-state index contributed by atoms with van der Waals surface area (Å²) in [5, 5.41) is 3.53. The second-order valence-electron chi connectivity index (χ2n) is 2.94. The number of fused-ring (bicyclic) bond motifs is 1. The number of pyridine rings is 1. The third-order valence-corrected chi connectivity index (χ3v) is 4.33. The molecule has 0 aliphatic carbocycles. The van der Waals surface area contributed by atoms with Crippen molar-refractivity contribution in [2.45, 2.75) is 0 Å². The normalized spacial score (nSPS) is 11.0. The van der Waals surface area contributed by atoms with Gasteiger partial charge in [0.2, 0.25) is 0 Å². The van der Waals surface area contributed by atoms with Crippen molar-refractivity contribution in [2.75, 3.05) is 0 Å². The van der Waals surface area contributed by atoms with Crippen LogP contribution in [0, 0.1) is 0 Å². The van der Waals surface area contributed by atoms with Crippen LogP contribution in [0.25, 0.3) is 20.1 Å². The van der Waals surface area contributed by atoms with Gasteiger partial charge in [-0.1, -0.05) is 17.7 Å². The van der Waals surface area contributed by atoms with Crippen molar-refractivity contribution >= 4 is 44.5 Å². The SMILES string of the molecule is Clc1nccc2sc(-c3cccs3)nc12. The Morgan fingerprint density at radius 2 is 2.20 bits per heavy atom. The van der Waals surface area contributed by atoms with Crippen molar-refractivity contribution in [1.29, 1.82) is 0 Å². The molecule has 2 nitrogen and oxygen atoms in total. The number of aromatic nitrogens is 2. The van der Waals surface area contributed by atoms with Crippen LogP contribution in [0.1, 0.15) is 0 Å². The van der Waals surface area contributed by atoms with E-state index in [4.69, 9.17) is 11.6 Å². The molecule has 0 aromatic carbocycles. The number of nitrogens with zero attached hydrogens (tertiary/aromatic N) is 2. The third kappa shape index (κ3) is 1.55. The zero-order chi connectivity index (χ0) is 10.3. The van der Waals surface area contributed by atoms with Gasteiger partial charge in [-0.25, -0.2) is 9.97 Å². The van der Waals surface area contributed by atoms with Crippen LogP contribution in [0.2, 0.25) is 5.15 Å². The fourth-order valence-corrected chi connectivity index (χ4v) is 3.34. The van der Waals surface area contributed by atoms with Gasteiger partial charge in [-0.2, -0.15) is 0 Å². The molecule has 0 aliphatic rings. The van der Waals surface area contributed by atoms with E-state index in [0.717, 1.165) is 15.2 Å². The lowest BCUT2D eigenvalue weighted by atomic mass is 10.4. The summed E-state index contributed by atoms with van der Waals surface area (Å²) in [5.41, 5.74) is 0.799. The summed E-state index contributed by atoms with van der Waals surface area (Å²) >= 11 is 9.29. The van der Waals surface area contributed by atoms with Crippen LogP contribution in [-0.2, 0) is 0 Å². The van der Waals surface area contributed by atoms with E-state index < -0.39 is 0 Å².